The predicted molar refractivity (Wildman–Crippen MR) is 117 cm³/mol. The van der Waals surface area contributed by atoms with Gasteiger partial charge in [-0.3, -0.25) is 0 Å². The van der Waals surface area contributed by atoms with E-state index in [-0.39, 0.29) is 35.7 Å². The number of imidazole rings is 1. The molecule has 0 saturated heterocycles. The standard InChI is InChI=1S/C18H19F2IN6O2S/c1-23-30(28,29)5-4-27-14(24-15-16(22)25-18(20)26-17(15)27)8-10-6-11-9(7-13(10)21)2-3-12(11)19/h6-7,12,23H,2-5,8H2,1H3,(H2,22,25,26). The number of nitrogen functional groups attached to an aromatic ring is 1. The molecule has 4 rings (SSSR count). The van der Waals surface area contributed by atoms with Crippen LogP contribution in [0.1, 0.15) is 35.1 Å². The van der Waals surface area contributed by atoms with Gasteiger partial charge < -0.3 is 10.3 Å². The summed E-state index contributed by atoms with van der Waals surface area (Å²) in [6.45, 7) is -0.00183. The van der Waals surface area contributed by atoms with E-state index in [1.807, 2.05) is 12.1 Å². The van der Waals surface area contributed by atoms with Crippen LogP contribution in [0.5, 0.6) is 0 Å². The quantitative estimate of drug-likeness (QED) is 0.361. The molecule has 1 unspecified atom stereocenters. The van der Waals surface area contributed by atoms with Crippen LogP contribution in [0, 0.1) is 9.65 Å². The Hall–Kier alpha value is -1.93. The molecule has 1 atom stereocenters. The molecular formula is C18H19F2IN6O2S. The van der Waals surface area contributed by atoms with Crippen LogP contribution in [0.25, 0.3) is 11.2 Å². The lowest BCUT2D eigenvalue weighted by Crippen LogP contribution is -2.25. The van der Waals surface area contributed by atoms with Gasteiger partial charge in [-0.05, 0) is 65.2 Å². The first-order chi connectivity index (χ1) is 14.2. The molecule has 0 spiro atoms. The second-order valence-corrected chi connectivity index (χ2v) is 10.3. The fraction of sp³-hybridized carbons (Fsp3) is 0.389. The number of nitrogens with two attached hydrogens (primary N) is 1. The van der Waals surface area contributed by atoms with E-state index in [4.69, 9.17) is 5.73 Å². The van der Waals surface area contributed by atoms with Gasteiger partial charge in [-0.25, -0.2) is 22.5 Å². The van der Waals surface area contributed by atoms with Crippen molar-refractivity contribution in [3.63, 3.8) is 0 Å². The molecule has 30 heavy (non-hydrogen) atoms. The fourth-order valence-corrected chi connectivity index (χ4v) is 5.00. The summed E-state index contributed by atoms with van der Waals surface area (Å²) in [5.41, 5.74) is 8.67. The zero-order valence-electron chi connectivity index (χ0n) is 16.0. The molecule has 3 N–H and O–H groups in total. The molecule has 1 aromatic carbocycles. The van der Waals surface area contributed by atoms with Crippen LogP contribution in [-0.2, 0) is 29.4 Å². The number of hydrogen-bond acceptors (Lipinski definition) is 6. The number of aromatic nitrogens is 4. The van der Waals surface area contributed by atoms with E-state index in [9.17, 15) is 17.2 Å². The highest BCUT2D eigenvalue weighted by molar-refractivity contribution is 14.1. The number of fused-ring (bicyclic) bond motifs is 2. The maximum atomic E-state index is 14.2. The van der Waals surface area contributed by atoms with Gasteiger partial charge in [0.15, 0.2) is 17.0 Å². The van der Waals surface area contributed by atoms with Crippen molar-refractivity contribution in [2.24, 2.45) is 0 Å². The van der Waals surface area contributed by atoms with E-state index >= 15 is 0 Å². The molecule has 0 aliphatic heterocycles. The van der Waals surface area contributed by atoms with Crippen molar-refractivity contribution in [2.45, 2.75) is 32.0 Å². The van der Waals surface area contributed by atoms with Crippen molar-refractivity contribution in [3.8, 4) is 0 Å². The van der Waals surface area contributed by atoms with Crippen LogP contribution in [0.2, 0.25) is 0 Å². The molecule has 0 fully saturated rings. The Labute approximate surface area is 185 Å². The molecule has 1 aliphatic carbocycles. The van der Waals surface area contributed by atoms with Gasteiger partial charge in [-0.15, -0.1) is 0 Å². The zero-order valence-corrected chi connectivity index (χ0v) is 19.0. The second-order valence-electron chi connectivity index (χ2n) is 7.08. The third kappa shape index (κ3) is 3.99. The highest BCUT2D eigenvalue weighted by Crippen LogP contribution is 2.36. The van der Waals surface area contributed by atoms with Gasteiger partial charge in [-0.1, -0.05) is 6.07 Å². The van der Waals surface area contributed by atoms with Crippen LogP contribution in [-0.4, -0.2) is 40.7 Å². The number of nitrogens with one attached hydrogen (secondary N) is 1. The Morgan fingerprint density at radius 1 is 1.33 bits per heavy atom. The van der Waals surface area contributed by atoms with Crippen LogP contribution in [0.4, 0.5) is 14.6 Å². The molecule has 8 nitrogen and oxygen atoms in total. The van der Waals surface area contributed by atoms with Gasteiger partial charge >= 0.3 is 6.08 Å². The lowest BCUT2D eigenvalue weighted by molar-refractivity contribution is 0.343. The van der Waals surface area contributed by atoms with Crippen molar-refractivity contribution in [3.05, 3.63) is 44.3 Å². The number of rotatable bonds is 6. The first kappa shape index (κ1) is 21.3. The molecule has 0 radical (unpaired) electrons. The summed E-state index contributed by atoms with van der Waals surface area (Å²) < 4.78 is 56.6. The lowest BCUT2D eigenvalue weighted by Gasteiger charge is -2.12. The minimum atomic E-state index is -3.52. The molecule has 0 amide bonds. The largest absolute Gasteiger partial charge is 0.382 e. The number of anilines is 1. The van der Waals surface area contributed by atoms with E-state index in [2.05, 4.69) is 42.3 Å². The van der Waals surface area contributed by atoms with Crippen molar-refractivity contribution in [1.29, 1.82) is 0 Å². The monoisotopic (exact) mass is 548 g/mol. The minimum Gasteiger partial charge on any atom is -0.382 e. The summed E-state index contributed by atoms with van der Waals surface area (Å²) in [7, 11) is -2.19. The van der Waals surface area contributed by atoms with Crippen molar-refractivity contribution >= 4 is 49.6 Å². The highest BCUT2D eigenvalue weighted by atomic mass is 127. The fourth-order valence-electron chi connectivity index (χ4n) is 3.65. The van der Waals surface area contributed by atoms with Crippen molar-refractivity contribution in [2.75, 3.05) is 18.5 Å². The molecule has 0 saturated carbocycles. The molecule has 2 heterocycles. The van der Waals surface area contributed by atoms with Crippen LogP contribution in [0.3, 0.4) is 0 Å². The average Bonchev–Trinajstić information content (AvgIpc) is 3.21. The Morgan fingerprint density at radius 3 is 2.83 bits per heavy atom. The predicted octanol–water partition coefficient (Wildman–Crippen LogP) is 2.25. The van der Waals surface area contributed by atoms with Gasteiger partial charge in [0.2, 0.25) is 10.0 Å². The first-order valence-corrected chi connectivity index (χ1v) is 12.0. The van der Waals surface area contributed by atoms with Crippen molar-refractivity contribution < 1.29 is 17.2 Å². The Kier molecular flexibility index (Phi) is 5.66. The number of halogens is 3. The van der Waals surface area contributed by atoms with E-state index in [0.717, 1.165) is 14.7 Å². The second kappa shape index (κ2) is 7.96. The Morgan fingerprint density at radius 2 is 2.10 bits per heavy atom. The van der Waals surface area contributed by atoms with Gasteiger partial charge in [0.1, 0.15) is 12.0 Å². The smallest absolute Gasteiger partial charge is 0.312 e. The maximum Gasteiger partial charge on any atom is 0.312 e. The third-order valence-electron chi connectivity index (χ3n) is 5.23. The summed E-state index contributed by atoms with van der Waals surface area (Å²) in [6, 6.07) is 3.80. The molecule has 12 heteroatoms. The Balaban J connectivity index is 1.79. The van der Waals surface area contributed by atoms with Gasteiger partial charge in [0.05, 0.1) is 5.75 Å². The number of benzene rings is 1. The number of sulfonamides is 1. The van der Waals surface area contributed by atoms with E-state index in [1.54, 1.807) is 0 Å². The average molecular weight is 548 g/mol. The number of hydrogen-bond donors (Lipinski definition) is 2. The summed E-state index contributed by atoms with van der Waals surface area (Å²) >= 11 is 2.19. The lowest BCUT2D eigenvalue weighted by atomic mass is 10.0. The third-order valence-corrected chi connectivity index (χ3v) is 7.58. The highest BCUT2D eigenvalue weighted by Gasteiger charge is 2.25. The van der Waals surface area contributed by atoms with Gasteiger partial charge in [0.25, 0.3) is 0 Å². The molecule has 2 aromatic heterocycles. The van der Waals surface area contributed by atoms with E-state index in [0.29, 0.717) is 24.2 Å². The van der Waals surface area contributed by atoms with Crippen LogP contribution in [0.15, 0.2) is 12.1 Å². The van der Waals surface area contributed by atoms with Crippen LogP contribution >= 0.6 is 22.6 Å². The molecular weight excluding hydrogens is 529 g/mol. The molecule has 160 valence electrons. The molecule has 1 aliphatic rings. The number of nitrogens with zero attached hydrogens (tertiary/aromatic N) is 4. The van der Waals surface area contributed by atoms with E-state index in [1.165, 1.54) is 11.6 Å². The topological polar surface area (TPSA) is 116 Å². The minimum absolute atomic E-state index is 0.00183. The summed E-state index contributed by atoms with van der Waals surface area (Å²) in [5.74, 6) is 0.0806. The van der Waals surface area contributed by atoms with E-state index < -0.39 is 22.3 Å². The normalized spacial score (nSPS) is 16.3. The summed E-state index contributed by atoms with van der Waals surface area (Å²) in [6.07, 6.45) is -0.545. The SMILES string of the molecule is CNS(=O)(=O)CCn1c(Cc2cc3c(cc2I)CCC3F)nc2c(N)nc(F)nc21. The first-order valence-electron chi connectivity index (χ1n) is 9.23. The maximum absolute atomic E-state index is 14.2. The molecule has 0 bridgehead atoms. The van der Waals surface area contributed by atoms with Gasteiger partial charge in [-0.2, -0.15) is 14.4 Å². The Bertz CT molecular complexity index is 1250. The number of alkyl halides is 1. The summed E-state index contributed by atoms with van der Waals surface area (Å²) in [5, 5.41) is 0. The van der Waals surface area contributed by atoms with Gasteiger partial charge in [0, 0.05) is 16.5 Å². The van der Waals surface area contributed by atoms with Crippen molar-refractivity contribution in [1.82, 2.24) is 24.2 Å². The van der Waals surface area contributed by atoms with Crippen LogP contribution < -0.4 is 10.5 Å². The molecule has 3 aromatic rings. The zero-order chi connectivity index (χ0) is 21.6. The summed E-state index contributed by atoms with van der Waals surface area (Å²) in [4.78, 5) is 11.8. The number of aryl methyl sites for hydroxylation is 2.